The first kappa shape index (κ1) is 14.7. The minimum absolute atomic E-state index is 0.0756. The number of carbonyl (C=O) groups is 1. The van der Waals surface area contributed by atoms with Crippen LogP contribution in [-0.2, 0) is 0 Å². The number of hydrogen-bond donors (Lipinski definition) is 4. The van der Waals surface area contributed by atoms with Gasteiger partial charge in [0.05, 0.1) is 10.7 Å². The maximum absolute atomic E-state index is 12.0. The Kier molecular flexibility index (Phi) is 4.30. The summed E-state index contributed by atoms with van der Waals surface area (Å²) in [5.74, 6) is -0.366. The Morgan fingerprint density at radius 1 is 1.14 bits per heavy atom. The van der Waals surface area contributed by atoms with Crippen molar-refractivity contribution in [2.75, 3.05) is 5.32 Å². The summed E-state index contributed by atoms with van der Waals surface area (Å²) >= 11 is 6.04. The highest BCUT2D eigenvalue weighted by Gasteiger charge is 2.10. The Balaban J connectivity index is 2.20. The molecule has 0 aliphatic carbocycles. The largest absolute Gasteiger partial charge is 0.508 e. The van der Waals surface area contributed by atoms with Crippen molar-refractivity contribution in [1.29, 1.82) is 0 Å². The summed E-state index contributed by atoms with van der Waals surface area (Å²) in [5, 5.41) is 23.5. The number of rotatable bonds is 3. The highest BCUT2D eigenvalue weighted by atomic mass is 35.5. The number of hydrogen-bond acceptors (Lipinski definition) is 4. The molecule has 108 valence electrons. The van der Waals surface area contributed by atoms with Crippen LogP contribution in [0.15, 0.2) is 47.6 Å². The molecule has 5 N–H and O–H groups in total. The number of nitrogens with zero attached hydrogens (tertiary/aromatic N) is 1. The number of aromatic hydroxyl groups is 1. The van der Waals surface area contributed by atoms with Gasteiger partial charge in [0, 0.05) is 11.1 Å². The first-order chi connectivity index (χ1) is 10.0. The number of halogens is 1. The van der Waals surface area contributed by atoms with Gasteiger partial charge < -0.3 is 21.4 Å². The average molecular weight is 306 g/mol. The van der Waals surface area contributed by atoms with Crippen molar-refractivity contribution in [2.24, 2.45) is 10.9 Å². The molecule has 1 amide bonds. The third kappa shape index (κ3) is 3.43. The van der Waals surface area contributed by atoms with E-state index in [1.165, 1.54) is 30.3 Å². The molecule has 0 aliphatic heterocycles. The number of phenols is 1. The number of oxime groups is 1. The first-order valence-corrected chi connectivity index (χ1v) is 6.27. The van der Waals surface area contributed by atoms with E-state index in [-0.39, 0.29) is 22.5 Å². The molecule has 0 aliphatic rings. The van der Waals surface area contributed by atoms with E-state index in [1.807, 2.05) is 0 Å². The topological polar surface area (TPSA) is 108 Å². The van der Waals surface area contributed by atoms with Crippen LogP contribution in [-0.4, -0.2) is 22.1 Å². The van der Waals surface area contributed by atoms with Gasteiger partial charge in [-0.2, -0.15) is 0 Å². The second-order valence-electron chi connectivity index (χ2n) is 4.18. The van der Waals surface area contributed by atoms with Gasteiger partial charge in [0.2, 0.25) is 0 Å². The fourth-order valence-electron chi connectivity index (χ4n) is 1.64. The van der Waals surface area contributed by atoms with Gasteiger partial charge in [-0.3, -0.25) is 4.79 Å². The molecule has 2 aromatic carbocycles. The third-order valence-corrected chi connectivity index (χ3v) is 3.06. The lowest BCUT2D eigenvalue weighted by Crippen LogP contribution is -2.14. The Labute approximate surface area is 125 Å². The van der Waals surface area contributed by atoms with Crippen molar-refractivity contribution >= 4 is 29.0 Å². The van der Waals surface area contributed by atoms with E-state index in [0.29, 0.717) is 16.8 Å². The van der Waals surface area contributed by atoms with Crippen LogP contribution in [0, 0.1) is 0 Å². The van der Waals surface area contributed by atoms with E-state index in [9.17, 15) is 9.90 Å². The molecule has 6 nitrogen and oxygen atoms in total. The molecule has 0 spiro atoms. The Hall–Kier alpha value is -2.73. The lowest BCUT2D eigenvalue weighted by Gasteiger charge is -2.09. The number of nitrogens with one attached hydrogen (secondary N) is 1. The van der Waals surface area contributed by atoms with Crippen LogP contribution in [0.5, 0.6) is 5.75 Å². The Morgan fingerprint density at radius 2 is 1.76 bits per heavy atom. The highest BCUT2D eigenvalue weighted by molar-refractivity contribution is 6.34. The molecule has 2 aromatic rings. The van der Waals surface area contributed by atoms with E-state index in [1.54, 1.807) is 12.1 Å². The fraction of sp³-hybridized carbons (Fsp3) is 0. The molecule has 0 unspecified atom stereocenters. The van der Waals surface area contributed by atoms with E-state index in [4.69, 9.17) is 22.5 Å². The monoisotopic (exact) mass is 305 g/mol. The first-order valence-electron chi connectivity index (χ1n) is 5.89. The van der Waals surface area contributed by atoms with Crippen molar-refractivity contribution in [2.45, 2.75) is 0 Å². The maximum atomic E-state index is 12.0. The van der Waals surface area contributed by atoms with Gasteiger partial charge >= 0.3 is 0 Å². The van der Waals surface area contributed by atoms with E-state index in [2.05, 4.69) is 10.5 Å². The molecule has 0 bridgehead atoms. The van der Waals surface area contributed by atoms with Crippen molar-refractivity contribution in [3.8, 4) is 5.75 Å². The number of nitrogens with two attached hydrogens (primary N) is 1. The van der Waals surface area contributed by atoms with Gasteiger partial charge in [-0.25, -0.2) is 0 Å². The van der Waals surface area contributed by atoms with Crippen LogP contribution < -0.4 is 11.1 Å². The lowest BCUT2D eigenvalue weighted by atomic mass is 10.1. The minimum atomic E-state index is -0.367. The van der Waals surface area contributed by atoms with Crippen molar-refractivity contribution in [3.63, 3.8) is 0 Å². The molecule has 2 rings (SSSR count). The zero-order chi connectivity index (χ0) is 15.4. The van der Waals surface area contributed by atoms with E-state index < -0.39 is 0 Å². The van der Waals surface area contributed by atoms with Crippen molar-refractivity contribution < 1.29 is 15.1 Å². The van der Waals surface area contributed by atoms with Gasteiger partial charge in [-0.15, -0.1) is 0 Å². The van der Waals surface area contributed by atoms with Crippen LogP contribution in [0.1, 0.15) is 15.9 Å². The summed E-state index contributed by atoms with van der Waals surface area (Å²) in [6.07, 6.45) is 0. The number of amidine groups is 1. The predicted octanol–water partition coefficient (Wildman–Crippen LogP) is 2.39. The molecular formula is C14H12ClN3O3. The molecular weight excluding hydrogens is 294 g/mol. The molecule has 0 saturated heterocycles. The molecule has 0 heterocycles. The van der Waals surface area contributed by atoms with Crippen LogP contribution in [0.3, 0.4) is 0 Å². The summed E-state index contributed by atoms with van der Waals surface area (Å²) in [4.78, 5) is 12.0. The SMILES string of the molecule is N/C(=N/O)c1ccc(NC(=O)c2ccc(O)cc2)c(Cl)c1. The Bertz CT molecular complexity index is 699. The van der Waals surface area contributed by atoms with Gasteiger partial charge in [0.15, 0.2) is 5.84 Å². The van der Waals surface area contributed by atoms with Crippen LogP contribution in [0.25, 0.3) is 0 Å². The second kappa shape index (κ2) is 6.15. The zero-order valence-electron chi connectivity index (χ0n) is 10.7. The van der Waals surface area contributed by atoms with Crippen molar-refractivity contribution in [1.82, 2.24) is 0 Å². The average Bonchev–Trinajstić information content (AvgIpc) is 2.49. The standard InChI is InChI=1S/C14H12ClN3O3/c15-11-7-9(13(16)18-21)3-6-12(11)17-14(20)8-1-4-10(19)5-2-8/h1-7,19,21H,(H2,16,18)(H,17,20). The second-order valence-corrected chi connectivity index (χ2v) is 4.59. The summed E-state index contributed by atoms with van der Waals surface area (Å²) in [5.41, 5.74) is 6.66. The highest BCUT2D eigenvalue weighted by Crippen LogP contribution is 2.24. The minimum Gasteiger partial charge on any atom is -0.508 e. The molecule has 21 heavy (non-hydrogen) atoms. The van der Waals surface area contributed by atoms with Gasteiger partial charge in [0.1, 0.15) is 5.75 Å². The van der Waals surface area contributed by atoms with E-state index in [0.717, 1.165) is 0 Å². The Morgan fingerprint density at radius 3 is 2.33 bits per heavy atom. The van der Waals surface area contributed by atoms with Crippen LogP contribution in [0.4, 0.5) is 5.69 Å². The summed E-state index contributed by atoms with van der Waals surface area (Å²) < 4.78 is 0. The molecule has 0 radical (unpaired) electrons. The maximum Gasteiger partial charge on any atom is 0.255 e. The number of benzene rings is 2. The predicted molar refractivity (Wildman–Crippen MR) is 80.0 cm³/mol. The van der Waals surface area contributed by atoms with Crippen molar-refractivity contribution in [3.05, 3.63) is 58.6 Å². The lowest BCUT2D eigenvalue weighted by molar-refractivity contribution is 0.102. The van der Waals surface area contributed by atoms with Crippen LogP contribution in [0.2, 0.25) is 5.02 Å². The number of carbonyl (C=O) groups excluding carboxylic acids is 1. The van der Waals surface area contributed by atoms with Gasteiger partial charge in [0.25, 0.3) is 5.91 Å². The molecule has 0 saturated carbocycles. The summed E-state index contributed by atoms with van der Waals surface area (Å²) in [7, 11) is 0. The summed E-state index contributed by atoms with van der Waals surface area (Å²) in [6.45, 7) is 0. The molecule has 0 fully saturated rings. The fourth-order valence-corrected chi connectivity index (χ4v) is 1.87. The smallest absolute Gasteiger partial charge is 0.255 e. The molecule has 7 heteroatoms. The molecule has 0 aromatic heterocycles. The number of phenolic OH excluding ortho intramolecular Hbond substituents is 1. The van der Waals surface area contributed by atoms with Gasteiger partial charge in [-0.1, -0.05) is 16.8 Å². The number of amides is 1. The van der Waals surface area contributed by atoms with Gasteiger partial charge in [-0.05, 0) is 42.5 Å². The normalized spacial score (nSPS) is 11.2. The number of anilines is 1. The van der Waals surface area contributed by atoms with E-state index >= 15 is 0 Å². The summed E-state index contributed by atoms with van der Waals surface area (Å²) in [6, 6.07) is 10.4. The molecule has 0 atom stereocenters. The zero-order valence-corrected chi connectivity index (χ0v) is 11.5. The van der Waals surface area contributed by atoms with Crippen LogP contribution >= 0.6 is 11.6 Å². The quantitative estimate of drug-likeness (QED) is 0.302. The third-order valence-electron chi connectivity index (χ3n) is 2.75.